The van der Waals surface area contributed by atoms with E-state index < -0.39 is 0 Å². The SMILES string of the molecule is CC1(C)C(Cn2ccc(=O)[nH]c2=S)C1(C)C. The first-order chi connectivity index (χ1) is 7.26. The highest BCUT2D eigenvalue weighted by molar-refractivity contribution is 7.71. The summed E-state index contributed by atoms with van der Waals surface area (Å²) < 4.78 is 2.48. The van der Waals surface area contributed by atoms with E-state index in [4.69, 9.17) is 12.2 Å². The Morgan fingerprint density at radius 3 is 2.38 bits per heavy atom. The summed E-state index contributed by atoms with van der Waals surface area (Å²) in [7, 11) is 0. The molecule has 0 spiro atoms. The van der Waals surface area contributed by atoms with Crippen LogP contribution in [0.5, 0.6) is 0 Å². The maximum Gasteiger partial charge on any atom is 0.251 e. The normalized spacial score (nSPS) is 22.0. The molecule has 0 saturated heterocycles. The van der Waals surface area contributed by atoms with Gasteiger partial charge in [-0.25, -0.2) is 0 Å². The number of aromatic nitrogens is 2. The Morgan fingerprint density at radius 1 is 1.38 bits per heavy atom. The molecule has 88 valence electrons. The first-order valence-corrected chi connectivity index (χ1v) is 5.97. The number of nitrogens with one attached hydrogen (secondary N) is 1. The summed E-state index contributed by atoms with van der Waals surface area (Å²) in [6.45, 7) is 10.0. The van der Waals surface area contributed by atoms with Gasteiger partial charge in [0.1, 0.15) is 0 Å². The third kappa shape index (κ3) is 1.56. The molecule has 4 heteroatoms. The molecule has 1 aromatic rings. The van der Waals surface area contributed by atoms with Gasteiger partial charge >= 0.3 is 0 Å². The van der Waals surface area contributed by atoms with Gasteiger partial charge in [-0.3, -0.25) is 9.78 Å². The number of nitrogens with zero attached hydrogens (tertiary/aromatic N) is 1. The minimum Gasteiger partial charge on any atom is -0.325 e. The molecule has 0 aliphatic heterocycles. The van der Waals surface area contributed by atoms with Crippen molar-refractivity contribution in [2.24, 2.45) is 16.7 Å². The van der Waals surface area contributed by atoms with Gasteiger partial charge in [-0.1, -0.05) is 27.7 Å². The summed E-state index contributed by atoms with van der Waals surface area (Å²) in [5, 5.41) is 0. The van der Waals surface area contributed by atoms with Gasteiger partial charge in [0.05, 0.1) is 0 Å². The largest absolute Gasteiger partial charge is 0.325 e. The molecule has 0 bridgehead atoms. The molecule has 0 aromatic carbocycles. The zero-order valence-corrected chi connectivity index (χ0v) is 11.0. The van der Waals surface area contributed by atoms with E-state index in [1.165, 1.54) is 6.07 Å². The van der Waals surface area contributed by atoms with Crippen LogP contribution in [0.25, 0.3) is 0 Å². The van der Waals surface area contributed by atoms with Gasteiger partial charge in [-0.15, -0.1) is 0 Å². The van der Waals surface area contributed by atoms with E-state index >= 15 is 0 Å². The van der Waals surface area contributed by atoms with Gasteiger partial charge in [0.25, 0.3) is 5.56 Å². The number of aromatic amines is 1. The Labute approximate surface area is 101 Å². The molecule has 1 saturated carbocycles. The van der Waals surface area contributed by atoms with Crippen LogP contribution < -0.4 is 5.56 Å². The maximum atomic E-state index is 11.1. The summed E-state index contributed by atoms with van der Waals surface area (Å²) in [5.41, 5.74) is 0.561. The Hall–Kier alpha value is -0.900. The molecule has 0 amide bonds. The predicted octanol–water partition coefficient (Wildman–Crippen LogP) is 2.59. The first-order valence-electron chi connectivity index (χ1n) is 5.56. The lowest BCUT2D eigenvalue weighted by Crippen LogP contribution is -2.13. The smallest absolute Gasteiger partial charge is 0.251 e. The lowest BCUT2D eigenvalue weighted by molar-refractivity contribution is 0.457. The average molecular weight is 238 g/mol. The third-order valence-corrected chi connectivity index (χ3v) is 4.93. The maximum absolute atomic E-state index is 11.1. The van der Waals surface area contributed by atoms with Gasteiger partial charge in [-0.2, -0.15) is 0 Å². The van der Waals surface area contributed by atoms with Crippen LogP contribution in [-0.4, -0.2) is 9.55 Å². The van der Waals surface area contributed by atoms with E-state index in [2.05, 4.69) is 32.7 Å². The molecular formula is C12H18N2OS. The fraction of sp³-hybridized carbons (Fsp3) is 0.667. The van der Waals surface area contributed by atoms with Crippen LogP contribution in [0.1, 0.15) is 27.7 Å². The highest BCUT2D eigenvalue weighted by atomic mass is 32.1. The van der Waals surface area contributed by atoms with Crippen LogP contribution >= 0.6 is 12.2 Å². The van der Waals surface area contributed by atoms with Crippen molar-refractivity contribution in [3.63, 3.8) is 0 Å². The van der Waals surface area contributed by atoms with Gasteiger partial charge in [0, 0.05) is 18.8 Å². The lowest BCUT2D eigenvalue weighted by Gasteiger charge is -2.07. The van der Waals surface area contributed by atoms with Crippen molar-refractivity contribution < 1.29 is 0 Å². The summed E-state index contributed by atoms with van der Waals surface area (Å²) in [6, 6.07) is 1.53. The molecule has 3 nitrogen and oxygen atoms in total. The summed E-state index contributed by atoms with van der Waals surface area (Å²) >= 11 is 5.14. The van der Waals surface area contributed by atoms with Gasteiger partial charge in [0.2, 0.25) is 0 Å². The molecule has 16 heavy (non-hydrogen) atoms. The second-order valence-corrected chi connectivity index (χ2v) is 6.15. The number of rotatable bonds is 2. The Kier molecular flexibility index (Phi) is 2.38. The standard InChI is InChI=1S/C12H18N2OS/c1-11(2)8(12(11,3)4)7-14-6-5-9(15)13-10(14)16/h5-6,8H,7H2,1-4H3,(H,13,15,16). The van der Waals surface area contributed by atoms with Crippen LogP contribution in [-0.2, 0) is 6.54 Å². The minimum atomic E-state index is -0.129. The topological polar surface area (TPSA) is 37.8 Å². The molecule has 1 heterocycles. The fourth-order valence-corrected chi connectivity index (χ4v) is 2.81. The number of hydrogen-bond donors (Lipinski definition) is 1. The van der Waals surface area contributed by atoms with E-state index in [1.54, 1.807) is 6.20 Å². The minimum absolute atomic E-state index is 0.129. The summed E-state index contributed by atoms with van der Waals surface area (Å²) in [6.07, 6.45) is 1.78. The van der Waals surface area contributed by atoms with Crippen LogP contribution in [0.2, 0.25) is 0 Å². The fourth-order valence-electron chi connectivity index (χ4n) is 2.57. The van der Waals surface area contributed by atoms with Crippen LogP contribution in [0, 0.1) is 21.5 Å². The Morgan fingerprint density at radius 2 is 1.94 bits per heavy atom. The second kappa shape index (κ2) is 3.29. The first kappa shape index (κ1) is 11.6. The predicted molar refractivity (Wildman–Crippen MR) is 66.9 cm³/mol. The average Bonchev–Trinajstić information content (AvgIpc) is 2.52. The molecule has 0 atom stereocenters. The summed E-state index contributed by atoms with van der Waals surface area (Å²) in [4.78, 5) is 13.7. The zero-order valence-electron chi connectivity index (χ0n) is 10.2. The van der Waals surface area contributed by atoms with Crippen molar-refractivity contribution in [3.8, 4) is 0 Å². The Balaban J connectivity index is 2.25. The summed E-state index contributed by atoms with van der Waals surface area (Å²) in [5.74, 6) is 0.609. The molecule has 1 fully saturated rings. The van der Waals surface area contributed by atoms with Crippen LogP contribution in [0.4, 0.5) is 0 Å². The highest BCUT2D eigenvalue weighted by Crippen LogP contribution is 2.68. The van der Waals surface area contributed by atoms with Gasteiger partial charge < -0.3 is 4.57 Å². The van der Waals surface area contributed by atoms with Crippen LogP contribution in [0.15, 0.2) is 17.1 Å². The van der Waals surface area contributed by atoms with Gasteiger partial charge in [-0.05, 0) is 29.0 Å². The van der Waals surface area contributed by atoms with Crippen LogP contribution in [0.3, 0.4) is 0 Å². The monoisotopic (exact) mass is 238 g/mol. The Bertz CT molecular complexity index is 510. The van der Waals surface area contributed by atoms with Crippen molar-refractivity contribution in [2.45, 2.75) is 34.2 Å². The molecular weight excluding hydrogens is 220 g/mol. The second-order valence-electron chi connectivity index (χ2n) is 5.76. The molecule has 2 rings (SSSR count). The van der Waals surface area contributed by atoms with Crippen molar-refractivity contribution in [3.05, 3.63) is 27.4 Å². The molecule has 1 aliphatic rings. The molecule has 0 radical (unpaired) electrons. The van der Waals surface area contributed by atoms with Crippen molar-refractivity contribution in [1.82, 2.24) is 9.55 Å². The van der Waals surface area contributed by atoms with E-state index in [0.29, 0.717) is 21.5 Å². The molecule has 1 aromatic heterocycles. The van der Waals surface area contributed by atoms with Crippen molar-refractivity contribution in [1.29, 1.82) is 0 Å². The zero-order chi connectivity index (χ0) is 12.1. The third-order valence-electron chi connectivity index (χ3n) is 4.60. The number of hydrogen-bond acceptors (Lipinski definition) is 2. The molecule has 1 N–H and O–H groups in total. The molecule has 1 aliphatic carbocycles. The molecule has 0 unspecified atom stereocenters. The van der Waals surface area contributed by atoms with E-state index in [9.17, 15) is 4.79 Å². The lowest BCUT2D eigenvalue weighted by atomic mass is 10.0. The van der Waals surface area contributed by atoms with E-state index in [1.807, 2.05) is 4.57 Å². The quantitative estimate of drug-likeness (QED) is 0.804. The number of H-pyrrole nitrogens is 1. The van der Waals surface area contributed by atoms with E-state index in [0.717, 1.165) is 6.54 Å². The highest BCUT2D eigenvalue weighted by Gasteiger charge is 2.64. The van der Waals surface area contributed by atoms with Crippen molar-refractivity contribution in [2.75, 3.05) is 0 Å². The van der Waals surface area contributed by atoms with Gasteiger partial charge in [0.15, 0.2) is 4.77 Å². The van der Waals surface area contributed by atoms with Crippen molar-refractivity contribution >= 4 is 12.2 Å². The van der Waals surface area contributed by atoms with E-state index in [-0.39, 0.29) is 5.56 Å².